The molecule has 1 aromatic carbocycles. The molecule has 2 aromatic rings. The van der Waals surface area contributed by atoms with Crippen molar-refractivity contribution in [1.82, 2.24) is 14.8 Å². The van der Waals surface area contributed by atoms with Crippen LogP contribution in [0.1, 0.15) is 64.9 Å². The summed E-state index contributed by atoms with van der Waals surface area (Å²) in [5, 5.41) is 6.19. The maximum Gasteiger partial charge on any atom is 0.273 e. The number of anilines is 1. The number of fused-ring (bicyclic) bond motifs is 3. The lowest BCUT2D eigenvalue weighted by atomic mass is 9.93. The number of nitrogens with zero attached hydrogens (tertiary/aromatic N) is 2. The van der Waals surface area contributed by atoms with Gasteiger partial charge in [0, 0.05) is 25.4 Å². The number of hydrogen-bond donors (Lipinski definition) is 2. The number of halogens is 1. The van der Waals surface area contributed by atoms with Gasteiger partial charge in [0.05, 0.1) is 17.7 Å². The SMILES string of the molecule is CC(=O)Nc1c2n(c3ccc(F)cc13)C[C@@](C)(C(=O)NCCC(C)C)N(CCC(C)C)C2=O. The zero-order valence-electron chi connectivity index (χ0n) is 20.4. The second kappa shape index (κ2) is 9.53. The van der Waals surface area contributed by atoms with E-state index in [9.17, 15) is 18.8 Å². The fourth-order valence-corrected chi connectivity index (χ4v) is 4.36. The molecule has 8 heteroatoms. The number of nitrogens with one attached hydrogen (secondary N) is 2. The Bertz CT molecular complexity index is 1080. The van der Waals surface area contributed by atoms with Gasteiger partial charge in [-0.15, -0.1) is 0 Å². The second-order valence-corrected chi connectivity index (χ2v) is 10.0. The molecule has 0 saturated carbocycles. The Morgan fingerprint density at radius 2 is 1.82 bits per heavy atom. The fourth-order valence-electron chi connectivity index (χ4n) is 4.36. The van der Waals surface area contributed by atoms with E-state index in [0.29, 0.717) is 41.5 Å². The summed E-state index contributed by atoms with van der Waals surface area (Å²) in [5.41, 5.74) is 0.0538. The van der Waals surface area contributed by atoms with E-state index in [1.807, 2.05) is 0 Å². The van der Waals surface area contributed by atoms with Crippen LogP contribution in [0.3, 0.4) is 0 Å². The maximum atomic E-state index is 14.1. The third-order valence-electron chi connectivity index (χ3n) is 6.26. The summed E-state index contributed by atoms with van der Waals surface area (Å²) in [4.78, 5) is 40.9. The molecule has 0 spiro atoms. The van der Waals surface area contributed by atoms with Gasteiger partial charge in [-0.1, -0.05) is 27.7 Å². The Balaban J connectivity index is 2.13. The van der Waals surface area contributed by atoms with E-state index in [4.69, 9.17) is 0 Å². The third kappa shape index (κ3) is 4.89. The van der Waals surface area contributed by atoms with Crippen LogP contribution < -0.4 is 10.6 Å². The highest BCUT2D eigenvalue weighted by Gasteiger charge is 2.48. The number of benzene rings is 1. The van der Waals surface area contributed by atoms with Crippen LogP contribution in [0.15, 0.2) is 18.2 Å². The van der Waals surface area contributed by atoms with Crippen molar-refractivity contribution in [2.45, 2.75) is 66.5 Å². The first-order valence-electron chi connectivity index (χ1n) is 11.6. The van der Waals surface area contributed by atoms with Crippen LogP contribution >= 0.6 is 0 Å². The molecule has 0 fully saturated rings. The van der Waals surface area contributed by atoms with Gasteiger partial charge in [0.2, 0.25) is 11.8 Å². The first-order valence-corrected chi connectivity index (χ1v) is 11.6. The van der Waals surface area contributed by atoms with Crippen LogP contribution in [-0.2, 0) is 16.1 Å². The van der Waals surface area contributed by atoms with Crippen LogP contribution in [0.2, 0.25) is 0 Å². The minimum atomic E-state index is -1.12. The summed E-state index contributed by atoms with van der Waals surface area (Å²) in [5.74, 6) is -0.591. The number of carbonyl (C=O) groups is 3. The first-order chi connectivity index (χ1) is 15.5. The molecule has 0 bridgehead atoms. The Labute approximate surface area is 194 Å². The quantitative estimate of drug-likeness (QED) is 0.623. The van der Waals surface area contributed by atoms with Crippen LogP contribution in [-0.4, -0.2) is 45.8 Å². The van der Waals surface area contributed by atoms with Crippen LogP contribution in [0.4, 0.5) is 10.1 Å². The molecule has 3 amide bonds. The zero-order chi connectivity index (χ0) is 24.5. The molecule has 3 rings (SSSR count). The molecule has 0 saturated heterocycles. The first kappa shape index (κ1) is 24.7. The summed E-state index contributed by atoms with van der Waals surface area (Å²) >= 11 is 0. The minimum absolute atomic E-state index is 0.210. The van der Waals surface area contributed by atoms with Crippen LogP contribution in [0, 0.1) is 17.7 Å². The molecule has 0 unspecified atom stereocenters. The maximum absolute atomic E-state index is 14.1. The topological polar surface area (TPSA) is 83.4 Å². The molecule has 33 heavy (non-hydrogen) atoms. The van der Waals surface area contributed by atoms with E-state index in [1.54, 1.807) is 22.5 Å². The molecule has 1 atom stereocenters. The van der Waals surface area contributed by atoms with Gasteiger partial charge in [-0.2, -0.15) is 0 Å². The van der Waals surface area contributed by atoms with Gasteiger partial charge in [-0.05, 0) is 49.8 Å². The predicted molar refractivity (Wildman–Crippen MR) is 128 cm³/mol. The number of rotatable bonds is 8. The normalized spacial score (nSPS) is 18.2. The number of carbonyl (C=O) groups excluding carboxylic acids is 3. The molecule has 7 nitrogen and oxygen atoms in total. The van der Waals surface area contributed by atoms with Crippen LogP contribution in [0.5, 0.6) is 0 Å². The second-order valence-electron chi connectivity index (χ2n) is 10.0. The molecular weight excluding hydrogens is 423 g/mol. The van der Waals surface area contributed by atoms with Gasteiger partial charge in [0.15, 0.2) is 0 Å². The average molecular weight is 459 g/mol. The molecule has 1 aromatic heterocycles. The monoisotopic (exact) mass is 458 g/mol. The molecular formula is C25H35FN4O3. The van der Waals surface area contributed by atoms with Crippen molar-refractivity contribution in [3.63, 3.8) is 0 Å². The van der Waals surface area contributed by atoms with Gasteiger partial charge < -0.3 is 20.1 Å². The third-order valence-corrected chi connectivity index (χ3v) is 6.26. The average Bonchev–Trinajstić information content (AvgIpc) is 2.99. The number of aromatic nitrogens is 1. The largest absolute Gasteiger partial charge is 0.354 e. The van der Waals surface area contributed by atoms with Crippen molar-refractivity contribution < 1.29 is 18.8 Å². The van der Waals surface area contributed by atoms with E-state index in [1.165, 1.54) is 19.1 Å². The molecule has 1 aliphatic heterocycles. The summed E-state index contributed by atoms with van der Waals surface area (Å²) in [7, 11) is 0. The molecule has 2 heterocycles. The summed E-state index contributed by atoms with van der Waals surface area (Å²) in [6.07, 6.45) is 1.57. The number of hydrogen-bond acceptors (Lipinski definition) is 3. The molecule has 2 N–H and O–H groups in total. The molecule has 0 aliphatic carbocycles. The van der Waals surface area contributed by atoms with Crippen molar-refractivity contribution in [1.29, 1.82) is 0 Å². The Morgan fingerprint density at radius 1 is 1.15 bits per heavy atom. The zero-order valence-corrected chi connectivity index (χ0v) is 20.4. The number of amides is 3. The van der Waals surface area contributed by atoms with Gasteiger partial charge in [0.1, 0.15) is 17.1 Å². The lowest BCUT2D eigenvalue weighted by Gasteiger charge is -2.44. The summed E-state index contributed by atoms with van der Waals surface area (Å²) < 4.78 is 15.9. The minimum Gasteiger partial charge on any atom is -0.354 e. The van der Waals surface area contributed by atoms with Crippen molar-refractivity contribution >= 4 is 34.3 Å². The Kier molecular flexibility index (Phi) is 7.14. The highest BCUT2D eigenvalue weighted by molar-refractivity contribution is 6.14. The molecule has 180 valence electrons. The van der Waals surface area contributed by atoms with E-state index < -0.39 is 11.4 Å². The lowest BCUT2D eigenvalue weighted by Crippen LogP contribution is -2.64. The Hall–Kier alpha value is -2.90. The lowest BCUT2D eigenvalue weighted by molar-refractivity contribution is -0.133. The fraction of sp³-hybridized carbons (Fsp3) is 0.560. The summed E-state index contributed by atoms with van der Waals surface area (Å²) in [6, 6.07) is 4.23. The van der Waals surface area contributed by atoms with Crippen LogP contribution in [0.25, 0.3) is 10.9 Å². The van der Waals surface area contributed by atoms with E-state index in [0.717, 1.165) is 12.8 Å². The van der Waals surface area contributed by atoms with E-state index in [-0.39, 0.29) is 30.0 Å². The molecule has 1 aliphatic rings. The summed E-state index contributed by atoms with van der Waals surface area (Å²) in [6.45, 7) is 12.6. The molecule has 0 radical (unpaired) electrons. The van der Waals surface area contributed by atoms with E-state index >= 15 is 0 Å². The highest BCUT2D eigenvalue weighted by Crippen LogP contribution is 2.39. The van der Waals surface area contributed by atoms with Crippen molar-refractivity contribution in [3.05, 3.63) is 29.7 Å². The van der Waals surface area contributed by atoms with Gasteiger partial charge >= 0.3 is 0 Å². The highest BCUT2D eigenvalue weighted by atomic mass is 19.1. The standard InChI is InChI=1S/C25H35FN4O3/c1-15(2)9-11-27-24(33)25(6)14-29-20-8-7-18(26)13-19(20)21(28-17(5)31)22(29)23(32)30(25)12-10-16(3)4/h7-8,13,15-16H,9-12,14H2,1-6H3,(H,27,33)(H,28,31)/t25-/m0/s1. The van der Waals surface area contributed by atoms with Crippen molar-refractivity contribution in [2.75, 3.05) is 18.4 Å². The van der Waals surface area contributed by atoms with Gasteiger partial charge in [-0.25, -0.2) is 4.39 Å². The van der Waals surface area contributed by atoms with E-state index in [2.05, 4.69) is 38.3 Å². The van der Waals surface area contributed by atoms with Gasteiger partial charge in [0.25, 0.3) is 5.91 Å². The van der Waals surface area contributed by atoms with Gasteiger partial charge in [-0.3, -0.25) is 14.4 Å². The Morgan fingerprint density at radius 3 is 2.42 bits per heavy atom. The predicted octanol–water partition coefficient (Wildman–Crippen LogP) is 4.16. The smallest absolute Gasteiger partial charge is 0.273 e. The van der Waals surface area contributed by atoms with Crippen molar-refractivity contribution in [3.8, 4) is 0 Å². The van der Waals surface area contributed by atoms with Crippen molar-refractivity contribution in [2.24, 2.45) is 11.8 Å².